The number of unbranched alkanes of at least 4 members (excludes halogenated alkanes) is 1. The maximum absolute atomic E-state index is 11.6. The Balaban J connectivity index is 3.37. The van der Waals surface area contributed by atoms with E-state index in [2.05, 4.69) is 24.5 Å². The topological polar surface area (TPSA) is 67.4 Å². The molecule has 0 aromatic rings. The Morgan fingerprint density at radius 3 is 2.14 bits per heavy atom. The number of hydrogen-bond donors (Lipinski definition) is 2. The normalized spacial score (nSPS) is 10.7. The second-order valence-electron chi connectivity index (χ2n) is 6.06. The molecule has 130 valence electrons. The summed E-state index contributed by atoms with van der Waals surface area (Å²) in [5.74, 6) is 0.759. The number of nitrogens with one attached hydrogen (secondary N) is 2. The number of carbonyl (C=O) groups is 2. The van der Waals surface area contributed by atoms with Gasteiger partial charge in [-0.3, -0.25) is 9.59 Å². The van der Waals surface area contributed by atoms with Gasteiger partial charge in [0.25, 0.3) is 0 Å². The zero-order valence-corrected chi connectivity index (χ0v) is 14.6. The van der Waals surface area contributed by atoms with Crippen LogP contribution in [0.2, 0.25) is 0 Å². The van der Waals surface area contributed by atoms with Gasteiger partial charge in [-0.1, -0.05) is 33.6 Å². The lowest BCUT2D eigenvalue weighted by atomic mass is 10.1. The second-order valence-corrected chi connectivity index (χ2v) is 6.06. The lowest BCUT2D eigenvalue weighted by Gasteiger charge is -2.07. The molecule has 0 radical (unpaired) electrons. The molecule has 0 aromatic carbocycles. The summed E-state index contributed by atoms with van der Waals surface area (Å²) in [5, 5.41) is 5.70. The van der Waals surface area contributed by atoms with Gasteiger partial charge in [0.05, 0.1) is 6.61 Å². The molecule has 0 aliphatic carbocycles. The number of amides is 2. The fourth-order valence-electron chi connectivity index (χ4n) is 2.00. The summed E-state index contributed by atoms with van der Waals surface area (Å²) in [7, 11) is 0. The highest BCUT2D eigenvalue weighted by atomic mass is 16.5. The van der Waals surface area contributed by atoms with Crippen LogP contribution in [0.1, 0.15) is 65.7 Å². The summed E-state index contributed by atoms with van der Waals surface area (Å²) in [6, 6.07) is 0. The Morgan fingerprint density at radius 2 is 1.55 bits per heavy atom. The molecule has 0 saturated carbocycles. The van der Waals surface area contributed by atoms with Gasteiger partial charge >= 0.3 is 0 Å². The van der Waals surface area contributed by atoms with E-state index in [4.69, 9.17) is 4.74 Å². The summed E-state index contributed by atoms with van der Waals surface area (Å²) in [6.07, 6.45) is 5.79. The van der Waals surface area contributed by atoms with Crippen LogP contribution in [0, 0.1) is 5.92 Å². The van der Waals surface area contributed by atoms with Gasteiger partial charge in [-0.05, 0) is 25.2 Å². The molecule has 0 fully saturated rings. The second kappa shape index (κ2) is 14.8. The highest BCUT2D eigenvalue weighted by Crippen LogP contribution is 2.05. The van der Waals surface area contributed by atoms with E-state index in [1.54, 1.807) is 0 Å². The third-order valence-electron chi connectivity index (χ3n) is 3.26. The molecule has 0 aliphatic heterocycles. The summed E-state index contributed by atoms with van der Waals surface area (Å²) < 4.78 is 5.28. The molecule has 0 spiro atoms. The van der Waals surface area contributed by atoms with Gasteiger partial charge < -0.3 is 15.4 Å². The molecule has 0 unspecified atom stereocenters. The van der Waals surface area contributed by atoms with Gasteiger partial charge in [0.2, 0.25) is 11.8 Å². The Morgan fingerprint density at radius 1 is 0.909 bits per heavy atom. The third-order valence-corrected chi connectivity index (χ3v) is 3.26. The Labute approximate surface area is 135 Å². The van der Waals surface area contributed by atoms with E-state index >= 15 is 0 Å². The number of hydrogen-bond acceptors (Lipinski definition) is 3. The van der Waals surface area contributed by atoms with E-state index in [0.29, 0.717) is 32.4 Å². The van der Waals surface area contributed by atoms with Crippen LogP contribution in [0.3, 0.4) is 0 Å². The standard InChI is InChI=1S/C17H34N2O3/c1-4-13-22-14-12-19-17(21)10-7-9-16(20)18-11-6-5-8-15(2)3/h15H,4-14H2,1-3H3,(H,18,20)(H,19,21). The van der Waals surface area contributed by atoms with Gasteiger partial charge in [0.1, 0.15) is 0 Å². The van der Waals surface area contributed by atoms with Crippen LogP contribution in [0.5, 0.6) is 0 Å². The van der Waals surface area contributed by atoms with E-state index < -0.39 is 0 Å². The van der Waals surface area contributed by atoms with Crippen LogP contribution in [0.25, 0.3) is 0 Å². The van der Waals surface area contributed by atoms with Gasteiger partial charge in [-0.2, -0.15) is 0 Å². The maximum atomic E-state index is 11.6. The lowest BCUT2D eigenvalue weighted by molar-refractivity contribution is -0.122. The largest absolute Gasteiger partial charge is 0.380 e. The van der Waals surface area contributed by atoms with Crippen LogP contribution >= 0.6 is 0 Å². The highest BCUT2D eigenvalue weighted by Gasteiger charge is 2.04. The monoisotopic (exact) mass is 314 g/mol. The summed E-state index contributed by atoms with van der Waals surface area (Å²) in [4.78, 5) is 23.1. The molecule has 0 atom stereocenters. The first-order valence-corrected chi connectivity index (χ1v) is 8.67. The minimum absolute atomic E-state index is 0.00941. The first kappa shape index (κ1) is 20.9. The van der Waals surface area contributed by atoms with Crippen molar-refractivity contribution in [3.05, 3.63) is 0 Å². The average molecular weight is 314 g/mol. The van der Waals surface area contributed by atoms with Crippen molar-refractivity contribution in [2.75, 3.05) is 26.3 Å². The maximum Gasteiger partial charge on any atom is 0.220 e. The molecule has 0 heterocycles. The van der Waals surface area contributed by atoms with Crippen LogP contribution < -0.4 is 10.6 Å². The van der Waals surface area contributed by atoms with E-state index in [-0.39, 0.29) is 11.8 Å². The molecule has 0 aliphatic rings. The van der Waals surface area contributed by atoms with E-state index in [0.717, 1.165) is 38.3 Å². The zero-order valence-electron chi connectivity index (χ0n) is 14.6. The quantitative estimate of drug-likeness (QED) is 0.484. The van der Waals surface area contributed by atoms with Gasteiger partial charge in [0.15, 0.2) is 0 Å². The average Bonchev–Trinajstić information content (AvgIpc) is 2.46. The molecule has 0 rings (SSSR count). The minimum atomic E-state index is -0.00941. The van der Waals surface area contributed by atoms with Crippen molar-refractivity contribution in [2.45, 2.75) is 65.7 Å². The molecular formula is C17H34N2O3. The fourth-order valence-corrected chi connectivity index (χ4v) is 2.00. The van der Waals surface area contributed by atoms with Crippen LogP contribution in [-0.2, 0) is 14.3 Å². The molecular weight excluding hydrogens is 280 g/mol. The Bertz CT molecular complexity index is 294. The van der Waals surface area contributed by atoms with Crippen molar-refractivity contribution >= 4 is 11.8 Å². The van der Waals surface area contributed by atoms with Gasteiger partial charge in [0, 0.05) is 32.5 Å². The first-order valence-electron chi connectivity index (χ1n) is 8.67. The molecule has 0 saturated heterocycles. The molecule has 2 N–H and O–H groups in total. The summed E-state index contributed by atoms with van der Waals surface area (Å²) in [5.41, 5.74) is 0. The van der Waals surface area contributed by atoms with Crippen molar-refractivity contribution in [3.63, 3.8) is 0 Å². The molecule has 2 amide bonds. The predicted octanol–water partition coefficient (Wildman–Crippen LogP) is 2.64. The fraction of sp³-hybridized carbons (Fsp3) is 0.882. The predicted molar refractivity (Wildman–Crippen MR) is 89.7 cm³/mol. The first-order chi connectivity index (χ1) is 10.6. The van der Waals surface area contributed by atoms with Crippen molar-refractivity contribution in [1.29, 1.82) is 0 Å². The Hall–Kier alpha value is -1.10. The molecule has 0 aromatic heterocycles. The van der Waals surface area contributed by atoms with E-state index in [1.807, 2.05) is 6.92 Å². The third kappa shape index (κ3) is 15.3. The molecule has 5 nitrogen and oxygen atoms in total. The number of carbonyl (C=O) groups excluding carboxylic acids is 2. The van der Waals surface area contributed by atoms with Gasteiger partial charge in [-0.25, -0.2) is 0 Å². The molecule has 0 bridgehead atoms. The SMILES string of the molecule is CCCOCCNC(=O)CCCC(=O)NCCCCC(C)C. The van der Waals surface area contributed by atoms with Crippen molar-refractivity contribution in [1.82, 2.24) is 10.6 Å². The van der Waals surface area contributed by atoms with Crippen molar-refractivity contribution in [3.8, 4) is 0 Å². The molecule has 5 heteroatoms. The summed E-state index contributed by atoms with van der Waals surface area (Å²) >= 11 is 0. The van der Waals surface area contributed by atoms with Crippen molar-refractivity contribution in [2.24, 2.45) is 5.92 Å². The van der Waals surface area contributed by atoms with Crippen LogP contribution in [0.4, 0.5) is 0 Å². The van der Waals surface area contributed by atoms with Crippen LogP contribution in [0.15, 0.2) is 0 Å². The number of rotatable bonds is 14. The van der Waals surface area contributed by atoms with E-state index in [9.17, 15) is 9.59 Å². The lowest BCUT2D eigenvalue weighted by Crippen LogP contribution is -2.28. The van der Waals surface area contributed by atoms with Gasteiger partial charge in [-0.15, -0.1) is 0 Å². The van der Waals surface area contributed by atoms with Crippen LogP contribution in [-0.4, -0.2) is 38.1 Å². The van der Waals surface area contributed by atoms with E-state index in [1.165, 1.54) is 6.42 Å². The molecule has 22 heavy (non-hydrogen) atoms. The highest BCUT2D eigenvalue weighted by molar-refractivity contribution is 5.78. The smallest absolute Gasteiger partial charge is 0.220 e. The Kier molecular flexibility index (Phi) is 14.1. The van der Waals surface area contributed by atoms with Crippen molar-refractivity contribution < 1.29 is 14.3 Å². The minimum Gasteiger partial charge on any atom is -0.380 e. The summed E-state index contributed by atoms with van der Waals surface area (Å²) in [6.45, 7) is 9.03. The zero-order chi connectivity index (χ0) is 16.6. The number of ether oxygens (including phenoxy) is 1.